The lowest BCUT2D eigenvalue weighted by Crippen LogP contribution is -2.45. The summed E-state index contributed by atoms with van der Waals surface area (Å²) in [5.74, 6) is -0.0903. The van der Waals surface area contributed by atoms with Gasteiger partial charge >= 0.3 is 5.56 Å². The monoisotopic (exact) mass is 407 g/mol. The van der Waals surface area contributed by atoms with Gasteiger partial charge in [0.05, 0.1) is 0 Å². The molecule has 158 valence electrons. The minimum absolute atomic E-state index is 0.0787. The Morgan fingerprint density at radius 1 is 1.07 bits per heavy atom. The van der Waals surface area contributed by atoms with Crippen molar-refractivity contribution in [1.29, 1.82) is 0 Å². The number of nitrogens with zero attached hydrogens (tertiary/aromatic N) is 3. The summed E-state index contributed by atoms with van der Waals surface area (Å²) in [5, 5.41) is 10.4. The molecular weight excluding hydrogens is 378 g/mol. The minimum atomic E-state index is -0.684. The van der Waals surface area contributed by atoms with Gasteiger partial charge in [0.15, 0.2) is 5.69 Å². The molecular formula is C24H29N3O3. The molecule has 2 aliphatic carbocycles. The predicted octanol–water partition coefficient (Wildman–Crippen LogP) is 3.24. The lowest BCUT2D eigenvalue weighted by Gasteiger charge is -2.35. The molecule has 2 saturated carbocycles. The van der Waals surface area contributed by atoms with Crippen LogP contribution in [0.25, 0.3) is 0 Å². The molecule has 1 aromatic carbocycles. The SMILES string of the molecule is Cc1cc(C)cc(C2(Cc3nc(=O)c(O)c4n3CCN(C3CC3)C4=O)CCCC2)c1. The van der Waals surface area contributed by atoms with Crippen molar-refractivity contribution in [2.45, 2.75) is 76.8 Å². The molecule has 2 heterocycles. The highest BCUT2D eigenvalue weighted by Gasteiger charge is 2.41. The second kappa shape index (κ2) is 6.96. The number of carbonyl (C=O) groups is 1. The molecule has 1 aliphatic heterocycles. The number of aromatic hydroxyl groups is 1. The molecule has 5 rings (SSSR count). The highest BCUT2D eigenvalue weighted by atomic mass is 16.3. The van der Waals surface area contributed by atoms with E-state index >= 15 is 0 Å². The van der Waals surface area contributed by atoms with E-state index in [0.717, 1.165) is 38.5 Å². The predicted molar refractivity (Wildman–Crippen MR) is 114 cm³/mol. The maximum absolute atomic E-state index is 13.1. The van der Waals surface area contributed by atoms with E-state index in [2.05, 4.69) is 37.0 Å². The van der Waals surface area contributed by atoms with Gasteiger partial charge < -0.3 is 14.6 Å². The molecule has 1 N–H and O–H groups in total. The standard InChI is InChI=1S/C24H29N3O3/c1-15-11-16(2)13-17(12-15)24(7-3-4-8-24)14-19-25-22(29)21(28)20-23(30)26(18-5-6-18)9-10-27(19)20/h11-13,18,28H,3-10,14H2,1-2H3. The number of amides is 1. The van der Waals surface area contributed by atoms with Crippen molar-refractivity contribution in [3.63, 3.8) is 0 Å². The molecule has 0 unspecified atom stereocenters. The van der Waals surface area contributed by atoms with Crippen LogP contribution < -0.4 is 5.56 Å². The van der Waals surface area contributed by atoms with Crippen LogP contribution in [-0.4, -0.2) is 38.1 Å². The summed E-state index contributed by atoms with van der Waals surface area (Å²) < 4.78 is 1.82. The van der Waals surface area contributed by atoms with E-state index in [4.69, 9.17) is 0 Å². The first-order chi connectivity index (χ1) is 14.4. The molecule has 0 bridgehead atoms. The number of aryl methyl sites for hydroxylation is 2. The van der Waals surface area contributed by atoms with Gasteiger partial charge in [-0.3, -0.25) is 9.59 Å². The fourth-order valence-corrected chi connectivity index (χ4v) is 5.56. The average molecular weight is 408 g/mol. The average Bonchev–Trinajstić information content (AvgIpc) is 3.43. The molecule has 1 amide bonds. The molecule has 3 aliphatic rings. The maximum Gasteiger partial charge on any atom is 0.315 e. The Balaban J connectivity index is 1.59. The summed E-state index contributed by atoms with van der Waals surface area (Å²) in [6.45, 7) is 5.44. The third-order valence-electron chi connectivity index (χ3n) is 7.15. The molecule has 6 nitrogen and oxygen atoms in total. The van der Waals surface area contributed by atoms with Crippen LogP contribution in [0.3, 0.4) is 0 Å². The van der Waals surface area contributed by atoms with Crippen LogP contribution in [-0.2, 0) is 18.4 Å². The Bertz CT molecular complexity index is 1060. The molecule has 30 heavy (non-hydrogen) atoms. The molecule has 2 fully saturated rings. The number of carbonyl (C=O) groups excluding carboxylic acids is 1. The highest BCUT2D eigenvalue weighted by Crippen LogP contribution is 2.44. The van der Waals surface area contributed by atoms with Gasteiger partial charge in [-0.2, -0.15) is 4.98 Å². The lowest BCUT2D eigenvalue weighted by molar-refractivity contribution is 0.0678. The number of hydrogen-bond acceptors (Lipinski definition) is 4. The van der Waals surface area contributed by atoms with E-state index in [1.54, 1.807) is 0 Å². The Hall–Kier alpha value is -2.63. The quantitative estimate of drug-likeness (QED) is 0.844. The van der Waals surface area contributed by atoms with Gasteiger partial charge in [-0.25, -0.2) is 0 Å². The van der Waals surface area contributed by atoms with Crippen molar-refractivity contribution in [3.05, 3.63) is 56.8 Å². The molecule has 0 saturated heterocycles. The Morgan fingerprint density at radius 2 is 1.73 bits per heavy atom. The second-order valence-electron chi connectivity index (χ2n) is 9.45. The summed E-state index contributed by atoms with van der Waals surface area (Å²) >= 11 is 0. The topological polar surface area (TPSA) is 75.4 Å². The zero-order valence-corrected chi connectivity index (χ0v) is 17.8. The van der Waals surface area contributed by atoms with Crippen LogP contribution in [0.2, 0.25) is 0 Å². The number of aromatic nitrogens is 2. The van der Waals surface area contributed by atoms with Crippen molar-refractivity contribution in [2.24, 2.45) is 0 Å². The van der Waals surface area contributed by atoms with Gasteiger partial charge in [0.2, 0.25) is 5.75 Å². The molecule has 0 spiro atoms. The van der Waals surface area contributed by atoms with Gasteiger partial charge in [0, 0.05) is 31.0 Å². The zero-order valence-electron chi connectivity index (χ0n) is 17.8. The largest absolute Gasteiger partial charge is 0.501 e. The smallest absolute Gasteiger partial charge is 0.315 e. The third-order valence-corrected chi connectivity index (χ3v) is 7.15. The van der Waals surface area contributed by atoms with E-state index in [1.807, 2.05) is 9.47 Å². The van der Waals surface area contributed by atoms with E-state index in [1.165, 1.54) is 16.7 Å². The van der Waals surface area contributed by atoms with Gasteiger partial charge in [-0.05, 0) is 45.1 Å². The van der Waals surface area contributed by atoms with Crippen LogP contribution in [0.15, 0.2) is 23.0 Å². The van der Waals surface area contributed by atoms with Crippen molar-refractivity contribution in [3.8, 4) is 5.75 Å². The molecule has 0 radical (unpaired) electrons. The fourth-order valence-electron chi connectivity index (χ4n) is 5.56. The van der Waals surface area contributed by atoms with Gasteiger partial charge in [-0.15, -0.1) is 0 Å². The molecule has 0 atom stereocenters. The van der Waals surface area contributed by atoms with Crippen molar-refractivity contribution < 1.29 is 9.90 Å². The Labute approximate surface area is 176 Å². The molecule has 1 aromatic heterocycles. The van der Waals surface area contributed by atoms with Crippen molar-refractivity contribution in [2.75, 3.05) is 6.54 Å². The number of fused-ring (bicyclic) bond motifs is 1. The normalized spacial score (nSPS) is 20.5. The van der Waals surface area contributed by atoms with Crippen LogP contribution in [0, 0.1) is 13.8 Å². The van der Waals surface area contributed by atoms with Crippen LogP contribution in [0.4, 0.5) is 0 Å². The zero-order chi connectivity index (χ0) is 21.0. The summed E-state index contributed by atoms with van der Waals surface area (Å²) in [4.78, 5) is 31.7. The number of hydrogen-bond donors (Lipinski definition) is 1. The van der Waals surface area contributed by atoms with Crippen LogP contribution in [0.5, 0.6) is 5.75 Å². The highest BCUT2D eigenvalue weighted by molar-refractivity contribution is 5.96. The lowest BCUT2D eigenvalue weighted by atomic mass is 9.75. The second-order valence-corrected chi connectivity index (χ2v) is 9.45. The van der Waals surface area contributed by atoms with Gasteiger partial charge in [0.1, 0.15) is 5.82 Å². The summed E-state index contributed by atoms with van der Waals surface area (Å²) in [6, 6.07) is 6.96. The van der Waals surface area contributed by atoms with E-state index < -0.39 is 11.3 Å². The first-order valence-corrected chi connectivity index (χ1v) is 11.1. The third kappa shape index (κ3) is 3.13. The van der Waals surface area contributed by atoms with Crippen molar-refractivity contribution >= 4 is 5.91 Å². The van der Waals surface area contributed by atoms with Crippen LogP contribution >= 0.6 is 0 Å². The number of rotatable bonds is 4. The fraction of sp³-hybridized carbons (Fsp3) is 0.542. The summed E-state index contributed by atoms with van der Waals surface area (Å²) in [7, 11) is 0. The number of benzene rings is 1. The molecule has 6 heteroatoms. The maximum atomic E-state index is 13.1. The summed E-state index contributed by atoms with van der Waals surface area (Å²) in [5.41, 5.74) is 3.15. The first-order valence-electron chi connectivity index (χ1n) is 11.1. The van der Waals surface area contributed by atoms with E-state index in [0.29, 0.717) is 25.3 Å². The van der Waals surface area contributed by atoms with Gasteiger partial charge in [-0.1, -0.05) is 42.2 Å². The summed E-state index contributed by atoms with van der Waals surface area (Å²) in [6.07, 6.45) is 7.02. The van der Waals surface area contributed by atoms with E-state index in [-0.39, 0.29) is 23.1 Å². The Morgan fingerprint density at radius 3 is 2.37 bits per heavy atom. The van der Waals surface area contributed by atoms with Gasteiger partial charge in [0.25, 0.3) is 5.91 Å². The molecule has 2 aromatic rings. The Kier molecular flexibility index (Phi) is 4.49. The first kappa shape index (κ1) is 19.3. The minimum Gasteiger partial charge on any atom is -0.501 e. The van der Waals surface area contributed by atoms with E-state index in [9.17, 15) is 14.7 Å². The van der Waals surface area contributed by atoms with Crippen LogP contribution in [0.1, 0.15) is 71.5 Å². The van der Waals surface area contributed by atoms with Crippen molar-refractivity contribution in [1.82, 2.24) is 14.5 Å².